The van der Waals surface area contributed by atoms with E-state index in [0.29, 0.717) is 5.17 Å². The van der Waals surface area contributed by atoms with Crippen molar-refractivity contribution in [1.29, 1.82) is 0 Å². The summed E-state index contributed by atoms with van der Waals surface area (Å²) in [6.07, 6.45) is 1.92. The van der Waals surface area contributed by atoms with Gasteiger partial charge in [-0.05, 0) is 18.4 Å². The fourth-order valence-electron chi connectivity index (χ4n) is 0.757. The molecule has 4 heteroatoms. The molecule has 3 N–H and O–H groups in total. The number of benzene rings is 1. The average molecular weight is 181 g/mol. The van der Waals surface area contributed by atoms with Crippen LogP contribution in [0.3, 0.4) is 0 Å². The highest BCUT2D eigenvalue weighted by molar-refractivity contribution is 8.13. The van der Waals surface area contributed by atoms with Crippen LogP contribution in [0.25, 0.3) is 0 Å². The Balaban J connectivity index is 2.79. The fourth-order valence-corrected chi connectivity index (χ4v) is 1.07. The number of hydrogen-bond donors (Lipinski definition) is 2. The summed E-state index contributed by atoms with van der Waals surface area (Å²) in [6, 6.07) is 9.68. The minimum absolute atomic E-state index is 0.709. The van der Waals surface area contributed by atoms with Gasteiger partial charge in [0.2, 0.25) is 0 Å². The van der Waals surface area contributed by atoms with Gasteiger partial charge in [-0.1, -0.05) is 30.0 Å². The first kappa shape index (κ1) is 9.09. The number of nitrogens with two attached hydrogens (primary N) is 1. The van der Waals surface area contributed by atoms with Crippen LogP contribution in [-0.2, 0) is 0 Å². The molecule has 12 heavy (non-hydrogen) atoms. The zero-order valence-electron chi connectivity index (χ0n) is 6.82. The lowest BCUT2D eigenvalue weighted by Crippen LogP contribution is -2.27. The molecule has 0 heterocycles. The Bertz CT molecular complexity index is 252. The lowest BCUT2D eigenvalue weighted by Gasteiger charge is -1.99. The summed E-state index contributed by atoms with van der Waals surface area (Å²) in [7, 11) is 0. The molecule has 0 amide bonds. The van der Waals surface area contributed by atoms with Gasteiger partial charge in [0.25, 0.3) is 0 Å². The summed E-state index contributed by atoms with van der Waals surface area (Å²) in [5.41, 5.74) is 3.42. The summed E-state index contributed by atoms with van der Waals surface area (Å²) in [5.74, 6) is 5.23. The van der Waals surface area contributed by atoms with Gasteiger partial charge in [-0.2, -0.15) is 0 Å². The number of hydrazine groups is 1. The molecule has 1 aromatic carbocycles. The lowest BCUT2D eigenvalue weighted by molar-refractivity contribution is 1.05. The molecule has 0 saturated heterocycles. The van der Waals surface area contributed by atoms with Crippen molar-refractivity contribution in [2.75, 3.05) is 6.26 Å². The van der Waals surface area contributed by atoms with Crippen LogP contribution >= 0.6 is 11.8 Å². The van der Waals surface area contributed by atoms with E-state index in [4.69, 9.17) is 5.84 Å². The molecular formula is C8H11N3S. The van der Waals surface area contributed by atoms with E-state index < -0.39 is 0 Å². The molecule has 0 atom stereocenters. The zero-order chi connectivity index (χ0) is 8.81. The Morgan fingerprint density at radius 1 is 1.42 bits per heavy atom. The van der Waals surface area contributed by atoms with E-state index in [9.17, 15) is 0 Å². The predicted octanol–water partition coefficient (Wildman–Crippen LogP) is 1.50. The van der Waals surface area contributed by atoms with Crippen LogP contribution in [0.5, 0.6) is 0 Å². The molecule has 0 aliphatic carbocycles. The number of para-hydroxylation sites is 1. The van der Waals surface area contributed by atoms with Crippen LogP contribution in [0.1, 0.15) is 0 Å². The van der Waals surface area contributed by atoms with Gasteiger partial charge in [-0.15, -0.1) is 0 Å². The summed E-state index contributed by atoms with van der Waals surface area (Å²) >= 11 is 1.48. The fraction of sp³-hybridized carbons (Fsp3) is 0.125. The largest absolute Gasteiger partial charge is 0.303 e. The summed E-state index contributed by atoms with van der Waals surface area (Å²) < 4.78 is 0. The van der Waals surface area contributed by atoms with Crippen molar-refractivity contribution in [3.63, 3.8) is 0 Å². The van der Waals surface area contributed by atoms with E-state index in [2.05, 4.69) is 10.4 Å². The van der Waals surface area contributed by atoms with Crippen molar-refractivity contribution < 1.29 is 0 Å². The molecule has 0 unspecified atom stereocenters. The molecule has 0 spiro atoms. The number of hydrogen-bond acceptors (Lipinski definition) is 3. The minimum atomic E-state index is 0.709. The van der Waals surface area contributed by atoms with Crippen molar-refractivity contribution in [3.8, 4) is 0 Å². The Labute approximate surface area is 76.0 Å². The first-order chi connectivity index (χ1) is 5.86. The smallest absolute Gasteiger partial charge is 0.175 e. The van der Waals surface area contributed by atoms with E-state index in [-0.39, 0.29) is 0 Å². The summed E-state index contributed by atoms with van der Waals surface area (Å²) in [6.45, 7) is 0. The van der Waals surface area contributed by atoms with Crippen LogP contribution in [0.15, 0.2) is 35.3 Å². The third kappa shape index (κ3) is 2.56. The van der Waals surface area contributed by atoms with Gasteiger partial charge >= 0.3 is 0 Å². The second-order valence-corrected chi connectivity index (χ2v) is 2.90. The molecule has 0 bridgehead atoms. The molecule has 1 aromatic rings. The quantitative estimate of drug-likeness (QED) is 0.299. The van der Waals surface area contributed by atoms with Gasteiger partial charge in [0.1, 0.15) is 0 Å². The van der Waals surface area contributed by atoms with Crippen molar-refractivity contribution >= 4 is 22.6 Å². The van der Waals surface area contributed by atoms with Crippen molar-refractivity contribution in [1.82, 2.24) is 5.43 Å². The second-order valence-electron chi connectivity index (χ2n) is 2.10. The summed E-state index contributed by atoms with van der Waals surface area (Å²) in [5, 5.41) is 0.709. The van der Waals surface area contributed by atoms with Gasteiger partial charge in [-0.25, -0.2) is 10.8 Å². The molecule has 1 rings (SSSR count). The number of rotatable bonds is 1. The molecule has 0 aromatic heterocycles. The number of thioether (sulfide) groups is 1. The van der Waals surface area contributed by atoms with Crippen LogP contribution < -0.4 is 11.3 Å². The van der Waals surface area contributed by atoms with Gasteiger partial charge in [0.05, 0.1) is 5.69 Å². The molecule has 0 aliphatic rings. The Hall–Kier alpha value is -1.00. The topological polar surface area (TPSA) is 50.4 Å². The standard InChI is InChI=1S/C8H11N3S/c1-12-8(11-9)10-7-5-3-2-4-6-7/h2-6H,9H2,1H3,(H,10,11). The normalized spacial score (nSPS) is 11.3. The number of nitrogens with one attached hydrogen (secondary N) is 1. The Morgan fingerprint density at radius 3 is 2.58 bits per heavy atom. The average Bonchev–Trinajstić information content (AvgIpc) is 2.16. The third-order valence-electron chi connectivity index (χ3n) is 1.30. The maximum atomic E-state index is 5.23. The maximum absolute atomic E-state index is 5.23. The van der Waals surface area contributed by atoms with E-state index in [0.717, 1.165) is 5.69 Å². The second kappa shape index (κ2) is 4.79. The molecule has 0 saturated carbocycles. The van der Waals surface area contributed by atoms with Gasteiger partial charge in [0, 0.05) is 0 Å². The van der Waals surface area contributed by atoms with Crippen LogP contribution in [0, 0.1) is 0 Å². The van der Waals surface area contributed by atoms with E-state index >= 15 is 0 Å². The lowest BCUT2D eigenvalue weighted by atomic mass is 10.3. The van der Waals surface area contributed by atoms with E-state index in [1.54, 1.807) is 0 Å². The zero-order valence-corrected chi connectivity index (χ0v) is 7.64. The first-order valence-electron chi connectivity index (χ1n) is 3.51. The molecule has 64 valence electrons. The molecule has 0 fully saturated rings. The van der Waals surface area contributed by atoms with Crippen LogP contribution in [0.4, 0.5) is 5.69 Å². The van der Waals surface area contributed by atoms with Crippen molar-refractivity contribution in [3.05, 3.63) is 30.3 Å². The maximum Gasteiger partial charge on any atom is 0.175 e. The predicted molar refractivity (Wildman–Crippen MR) is 54.4 cm³/mol. The van der Waals surface area contributed by atoms with E-state index in [1.165, 1.54) is 11.8 Å². The highest BCUT2D eigenvalue weighted by atomic mass is 32.2. The van der Waals surface area contributed by atoms with Gasteiger partial charge in [0.15, 0.2) is 5.17 Å². The number of aliphatic imine (C=N–C) groups is 1. The van der Waals surface area contributed by atoms with Crippen molar-refractivity contribution in [2.24, 2.45) is 10.8 Å². The van der Waals surface area contributed by atoms with Gasteiger partial charge in [-0.3, -0.25) is 0 Å². The number of nitrogens with zero attached hydrogens (tertiary/aromatic N) is 1. The van der Waals surface area contributed by atoms with Crippen molar-refractivity contribution in [2.45, 2.75) is 0 Å². The highest BCUT2D eigenvalue weighted by Gasteiger charge is 1.92. The van der Waals surface area contributed by atoms with Gasteiger partial charge < -0.3 is 5.43 Å². The van der Waals surface area contributed by atoms with Crippen LogP contribution in [0.2, 0.25) is 0 Å². The van der Waals surface area contributed by atoms with Crippen LogP contribution in [-0.4, -0.2) is 11.4 Å². The monoisotopic (exact) mass is 181 g/mol. The SMILES string of the molecule is CSC(=Nc1ccccc1)NN. The Morgan fingerprint density at radius 2 is 2.08 bits per heavy atom. The molecule has 0 radical (unpaired) electrons. The number of amidine groups is 1. The third-order valence-corrected chi connectivity index (χ3v) is 1.90. The first-order valence-corrected chi connectivity index (χ1v) is 4.73. The van der Waals surface area contributed by atoms with E-state index in [1.807, 2.05) is 36.6 Å². The molecule has 3 nitrogen and oxygen atoms in total. The Kier molecular flexibility index (Phi) is 3.63. The highest BCUT2D eigenvalue weighted by Crippen LogP contribution is 2.11. The minimum Gasteiger partial charge on any atom is -0.303 e. The molecule has 0 aliphatic heterocycles. The summed E-state index contributed by atoms with van der Waals surface area (Å²) in [4.78, 5) is 4.24. The molecular weight excluding hydrogens is 170 g/mol.